The predicted molar refractivity (Wildman–Crippen MR) is 112 cm³/mol. The molecule has 0 spiro atoms. The zero-order valence-corrected chi connectivity index (χ0v) is 16.6. The van der Waals surface area contributed by atoms with E-state index in [1.165, 1.54) is 41.3 Å². The standard InChI is InChI=1S/C23H28N4O/c1-15-6-5-9-18-17(12-24-21(15)18)13-27-11-10-19-20(14-27)25-22(26-23(19)28)16-7-3-2-4-8-16/h5-6,9,12,16,24H,2-4,7-8,10-11,13-14H2,1H3,(H,25,26,28). The summed E-state index contributed by atoms with van der Waals surface area (Å²) in [5, 5.41) is 1.30. The van der Waals surface area contributed by atoms with Crippen molar-refractivity contribution >= 4 is 10.9 Å². The number of nitrogens with zero attached hydrogens (tertiary/aromatic N) is 2. The molecule has 1 aliphatic carbocycles. The van der Waals surface area contributed by atoms with Gasteiger partial charge in [-0.1, -0.05) is 37.5 Å². The smallest absolute Gasteiger partial charge is 0.254 e. The van der Waals surface area contributed by atoms with Gasteiger partial charge in [0.2, 0.25) is 0 Å². The average Bonchev–Trinajstić information content (AvgIpc) is 3.12. The predicted octanol–water partition coefficient (Wildman–Crippen LogP) is 4.17. The first-order valence-corrected chi connectivity index (χ1v) is 10.6. The summed E-state index contributed by atoms with van der Waals surface area (Å²) in [6.07, 6.45) is 9.02. The summed E-state index contributed by atoms with van der Waals surface area (Å²) in [5.41, 5.74) is 5.80. The van der Waals surface area contributed by atoms with E-state index < -0.39 is 0 Å². The maximum atomic E-state index is 12.6. The first-order valence-electron chi connectivity index (χ1n) is 10.6. The molecular weight excluding hydrogens is 348 g/mol. The van der Waals surface area contributed by atoms with E-state index in [0.717, 1.165) is 56.0 Å². The van der Waals surface area contributed by atoms with Gasteiger partial charge in [-0.25, -0.2) is 4.98 Å². The van der Waals surface area contributed by atoms with Gasteiger partial charge in [-0.15, -0.1) is 0 Å². The van der Waals surface area contributed by atoms with E-state index in [4.69, 9.17) is 4.98 Å². The highest BCUT2D eigenvalue weighted by Crippen LogP contribution is 2.31. The first-order chi connectivity index (χ1) is 13.7. The fraction of sp³-hybridized carbons (Fsp3) is 0.478. The Morgan fingerprint density at radius 3 is 2.93 bits per heavy atom. The number of nitrogens with one attached hydrogen (secondary N) is 2. The van der Waals surface area contributed by atoms with Crippen LogP contribution in [0.2, 0.25) is 0 Å². The van der Waals surface area contributed by atoms with Gasteiger partial charge in [-0.3, -0.25) is 9.69 Å². The van der Waals surface area contributed by atoms with Gasteiger partial charge in [0.15, 0.2) is 0 Å². The number of fused-ring (bicyclic) bond motifs is 2. The normalized spacial score (nSPS) is 18.5. The van der Waals surface area contributed by atoms with Crippen LogP contribution in [0.1, 0.15) is 66.2 Å². The molecule has 0 unspecified atom stereocenters. The highest BCUT2D eigenvalue weighted by Gasteiger charge is 2.25. The summed E-state index contributed by atoms with van der Waals surface area (Å²) >= 11 is 0. The van der Waals surface area contributed by atoms with Crippen LogP contribution in [0.15, 0.2) is 29.2 Å². The zero-order chi connectivity index (χ0) is 19.1. The number of aromatic amines is 2. The second-order valence-corrected chi connectivity index (χ2v) is 8.48. The quantitative estimate of drug-likeness (QED) is 0.721. The molecule has 0 radical (unpaired) electrons. The number of rotatable bonds is 3. The molecule has 5 heteroatoms. The van der Waals surface area contributed by atoms with Crippen LogP contribution in [0.5, 0.6) is 0 Å². The van der Waals surface area contributed by atoms with E-state index in [1.54, 1.807) is 0 Å². The van der Waals surface area contributed by atoms with Crippen molar-refractivity contribution in [3.63, 3.8) is 0 Å². The highest BCUT2D eigenvalue weighted by molar-refractivity contribution is 5.85. The first kappa shape index (κ1) is 17.7. The third kappa shape index (κ3) is 3.18. The molecule has 5 rings (SSSR count). The number of hydrogen-bond donors (Lipinski definition) is 2. The number of para-hydroxylation sites is 1. The van der Waals surface area contributed by atoms with Gasteiger partial charge < -0.3 is 9.97 Å². The fourth-order valence-corrected chi connectivity index (χ4v) is 4.95. The number of H-pyrrole nitrogens is 2. The maximum Gasteiger partial charge on any atom is 0.254 e. The molecule has 1 aromatic carbocycles. The minimum absolute atomic E-state index is 0.0907. The monoisotopic (exact) mass is 376 g/mol. The Balaban J connectivity index is 1.40. The summed E-state index contributed by atoms with van der Waals surface area (Å²) in [7, 11) is 0. The van der Waals surface area contributed by atoms with E-state index >= 15 is 0 Å². The van der Waals surface area contributed by atoms with Crippen LogP contribution in [0.25, 0.3) is 10.9 Å². The third-order valence-electron chi connectivity index (χ3n) is 6.57. The molecule has 0 bridgehead atoms. The van der Waals surface area contributed by atoms with Crippen LogP contribution in [0, 0.1) is 6.92 Å². The molecule has 0 amide bonds. The maximum absolute atomic E-state index is 12.6. The molecule has 5 nitrogen and oxygen atoms in total. The Morgan fingerprint density at radius 2 is 2.07 bits per heavy atom. The van der Waals surface area contributed by atoms with Crippen molar-refractivity contribution in [2.75, 3.05) is 6.54 Å². The summed E-state index contributed by atoms with van der Waals surface area (Å²) in [6.45, 7) is 4.69. The average molecular weight is 377 g/mol. The van der Waals surface area contributed by atoms with Gasteiger partial charge in [0, 0.05) is 48.2 Å². The van der Waals surface area contributed by atoms with Crippen molar-refractivity contribution in [1.29, 1.82) is 0 Å². The van der Waals surface area contributed by atoms with Crippen LogP contribution in [-0.2, 0) is 19.5 Å². The molecular formula is C23H28N4O. The van der Waals surface area contributed by atoms with E-state index in [0.29, 0.717) is 5.92 Å². The zero-order valence-electron chi connectivity index (χ0n) is 16.6. The molecule has 146 valence electrons. The molecule has 3 aromatic rings. The second-order valence-electron chi connectivity index (χ2n) is 8.48. The van der Waals surface area contributed by atoms with Crippen LogP contribution in [0.3, 0.4) is 0 Å². The summed E-state index contributed by atoms with van der Waals surface area (Å²) in [4.78, 5) is 26.5. The summed E-state index contributed by atoms with van der Waals surface area (Å²) in [6, 6.07) is 6.46. The lowest BCUT2D eigenvalue weighted by molar-refractivity contribution is 0.240. The van der Waals surface area contributed by atoms with E-state index in [2.05, 4.69) is 46.2 Å². The van der Waals surface area contributed by atoms with Crippen molar-refractivity contribution in [2.45, 2.75) is 64.5 Å². The van der Waals surface area contributed by atoms with Gasteiger partial charge in [0.05, 0.1) is 5.69 Å². The van der Waals surface area contributed by atoms with Crippen molar-refractivity contribution in [1.82, 2.24) is 19.9 Å². The Hall–Kier alpha value is -2.40. The Bertz CT molecular complexity index is 1060. The lowest BCUT2D eigenvalue weighted by Crippen LogP contribution is -2.35. The largest absolute Gasteiger partial charge is 0.361 e. The lowest BCUT2D eigenvalue weighted by Gasteiger charge is -2.28. The van der Waals surface area contributed by atoms with Gasteiger partial charge in [0.25, 0.3) is 5.56 Å². The fourth-order valence-electron chi connectivity index (χ4n) is 4.95. The molecule has 2 aromatic heterocycles. The molecule has 2 N–H and O–H groups in total. The second kappa shape index (κ2) is 7.21. The Morgan fingerprint density at radius 1 is 1.21 bits per heavy atom. The molecule has 0 saturated heterocycles. The Kier molecular flexibility index (Phi) is 4.55. The number of hydrogen-bond acceptors (Lipinski definition) is 3. The van der Waals surface area contributed by atoms with Crippen molar-refractivity contribution in [2.24, 2.45) is 0 Å². The van der Waals surface area contributed by atoms with E-state index in [1.807, 2.05) is 0 Å². The van der Waals surface area contributed by atoms with Crippen molar-refractivity contribution in [3.05, 3.63) is 63.0 Å². The van der Waals surface area contributed by atoms with Crippen LogP contribution < -0.4 is 5.56 Å². The molecule has 2 aliphatic rings. The van der Waals surface area contributed by atoms with Gasteiger partial charge in [0.1, 0.15) is 5.82 Å². The number of aromatic nitrogens is 3. The van der Waals surface area contributed by atoms with Gasteiger partial charge >= 0.3 is 0 Å². The van der Waals surface area contributed by atoms with E-state index in [9.17, 15) is 4.79 Å². The number of benzene rings is 1. The van der Waals surface area contributed by atoms with Gasteiger partial charge in [-0.05, 0) is 37.3 Å². The van der Waals surface area contributed by atoms with Crippen LogP contribution in [0.4, 0.5) is 0 Å². The molecule has 1 saturated carbocycles. The van der Waals surface area contributed by atoms with Gasteiger partial charge in [-0.2, -0.15) is 0 Å². The van der Waals surface area contributed by atoms with Crippen molar-refractivity contribution in [3.8, 4) is 0 Å². The molecule has 1 aliphatic heterocycles. The Labute approximate surface area is 165 Å². The van der Waals surface area contributed by atoms with E-state index in [-0.39, 0.29) is 5.56 Å². The molecule has 0 atom stereocenters. The summed E-state index contributed by atoms with van der Waals surface area (Å²) < 4.78 is 0. The minimum Gasteiger partial charge on any atom is -0.361 e. The highest BCUT2D eigenvalue weighted by atomic mass is 16.1. The van der Waals surface area contributed by atoms with Crippen LogP contribution in [-0.4, -0.2) is 26.4 Å². The molecule has 1 fully saturated rings. The SMILES string of the molecule is Cc1cccc2c(CN3CCc4c(nc(C5CCCCC5)[nH]c4=O)C3)c[nH]c12. The van der Waals surface area contributed by atoms with Crippen LogP contribution >= 0.6 is 0 Å². The third-order valence-corrected chi connectivity index (χ3v) is 6.57. The molecule has 3 heterocycles. The minimum atomic E-state index is 0.0907. The van der Waals surface area contributed by atoms with Crippen molar-refractivity contribution < 1.29 is 0 Å². The molecule has 28 heavy (non-hydrogen) atoms. The lowest BCUT2D eigenvalue weighted by atomic mass is 9.88. The summed E-state index contributed by atoms with van der Waals surface area (Å²) in [5.74, 6) is 1.35. The number of aryl methyl sites for hydroxylation is 1. The topological polar surface area (TPSA) is 64.8 Å².